The van der Waals surface area contributed by atoms with E-state index >= 15 is 0 Å². The number of likely N-dealkylation sites (N-methyl/N-ethyl adjacent to an activating group) is 1. The zero-order chi connectivity index (χ0) is 54.1. The van der Waals surface area contributed by atoms with E-state index in [4.69, 9.17) is 18.9 Å². The molecule has 5 aromatic rings. The molecule has 2 atom stereocenters. The molecule has 4 aromatic carbocycles. The van der Waals surface area contributed by atoms with E-state index < -0.39 is 48.2 Å². The molecule has 2 saturated heterocycles. The van der Waals surface area contributed by atoms with Crippen LogP contribution < -0.4 is 30.9 Å². The van der Waals surface area contributed by atoms with Crippen molar-refractivity contribution in [3.63, 3.8) is 0 Å². The number of carbonyl (C=O) groups is 8. The highest BCUT2D eigenvalue weighted by molar-refractivity contribution is 7.13. The summed E-state index contributed by atoms with van der Waals surface area (Å²) in [5.74, 6) is -3.31. The number of hydrogen-bond acceptors (Lipinski definition) is 17. The number of piperazine rings is 1. The molecule has 2 unspecified atom stereocenters. The summed E-state index contributed by atoms with van der Waals surface area (Å²) >= 11 is 1.35. The number of carbonyl (C=O) groups excluding carboxylic acids is 8. The molecule has 1 aromatic heterocycles. The molecule has 0 radical (unpaired) electrons. The van der Waals surface area contributed by atoms with Gasteiger partial charge in [-0.2, -0.15) is 0 Å². The normalized spacial score (nSPS) is 16.0. The highest BCUT2D eigenvalue weighted by atomic mass is 32.1. The summed E-state index contributed by atoms with van der Waals surface area (Å²) in [7, 11) is 1.87. The van der Waals surface area contributed by atoms with Crippen molar-refractivity contribution in [2.45, 2.75) is 31.5 Å². The molecule has 7 amide bonds. The third kappa shape index (κ3) is 14.8. The van der Waals surface area contributed by atoms with E-state index in [9.17, 15) is 38.4 Å². The largest absolute Gasteiger partial charge is 0.483 e. The Morgan fingerprint density at radius 3 is 2.17 bits per heavy atom. The average Bonchev–Trinajstić information content (AvgIpc) is 4.07. The molecule has 21 nitrogen and oxygen atoms in total. The van der Waals surface area contributed by atoms with Crippen LogP contribution in [0, 0.1) is 0 Å². The van der Waals surface area contributed by atoms with E-state index in [1.807, 2.05) is 60.5 Å². The van der Waals surface area contributed by atoms with Gasteiger partial charge in [0.2, 0.25) is 23.6 Å². The molecule has 3 aliphatic rings. The molecule has 0 saturated carbocycles. The Balaban J connectivity index is 0.648. The van der Waals surface area contributed by atoms with E-state index in [1.54, 1.807) is 11.6 Å². The van der Waals surface area contributed by atoms with Crippen molar-refractivity contribution < 1.29 is 57.3 Å². The van der Waals surface area contributed by atoms with E-state index in [-0.39, 0.29) is 61.3 Å². The summed E-state index contributed by atoms with van der Waals surface area (Å²) in [6.07, 6.45) is 2.53. The minimum absolute atomic E-state index is 0.000933. The van der Waals surface area contributed by atoms with Gasteiger partial charge in [0, 0.05) is 75.1 Å². The predicted molar refractivity (Wildman–Crippen MR) is 284 cm³/mol. The van der Waals surface area contributed by atoms with Crippen molar-refractivity contribution in [1.29, 1.82) is 0 Å². The van der Waals surface area contributed by atoms with Gasteiger partial charge < -0.3 is 39.8 Å². The lowest BCUT2D eigenvalue weighted by Gasteiger charge is -2.35. The highest BCUT2D eigenvalue weighted by Gasteiger charge is 2.46. The fourth-order valence-electron chi connectivity index (χ4n) is 9.24. The van der Waals surface area contributed by atoms with E-state index in [0.29, 0.717) is 56.8 Å². The van der Waals surface area contributed by atoms with Crippen molar-refractivity contribution in [3.8, 4) is 16.9 Å². The average molecular weight is 1070 g/mol. The number of imide groups is 2. The standard InChI is InChI=1S/C55H61N9O12S/c1-61(50(38-6-3-2-4-7-38)52(70)60-55-58-20-31-77-55)33-40-11-10-39(32-41(40)35-65)37-12-14-42(15-13-37)63-23-21-62(22-24-63)34-47(67)56-18-25-73-27-29-75-30-28-74-26-19-57-48(68)36-76-45-9-5-8-43-49(45)54(72)64(53(43)71)44-16-17-46(66)59-51(44)69/h2-15,20,31-32,35,44,50H,16-19,21-30,33-34,36H2,1H3,(H,56,67)(H,57,68)(H,58,60,70)(H,59,66,69). The molecule has 8 rings (SSSR count). The number of hydrogen-bond donors (Lipinski definition) is 4. The van der Waals surface area contributed by atoms with Crippen molar-refractivity contribution in [2.24, 2.45) is 0 Å². The van der Waals surface area contributed by atoms with Crippen molar-refractivity contribution in [1.82, 2.24) is 35.6 Å². The van der Waals surface area contributed by atoms with Crippen LogP contribution in [0.25, 0.3) is 11.1 Å². The fraction of sp³-hybridized carbons (Fsp3) is 0.364. The molecule has 4 heterocycles. The Morgan fingerprint density at radius 2 is 1.49 bits per heavy atom. The van der Waals surface area contributed by atoms with Gasteiger partial charge in [-0.3, -0.25) is 58.4 Å². The van der Waals surface area contributed by atoms with Crippen LogP contribution in [-0.4, -0.2) is 172 Å². The minimum atomic E-state index is -1.12. The maximum absolute atomic E-state index is 13.5. The number of piperidine rings is 1. The third-order valence-corrected chi connectivity index (χ3v) is 13.8. The van der Waals surface area contributed by atoms with Crippen LogP contribution in [0.5, 0.6) is 5.75 Å². The van der Waals surface area contributed by atoms with Crippen molar-refractivity contribution in [3.05, 3.63) is 130 Å². The summed E-state index contributed by atoms with van der Waals surface area (Å²) in [4.78, 5) is 113. The molecular formula is C55H61N9O12S. The molecule has 0 aliphatic carbocycles. The number of aromatic nitrogens is 1. The Kier molecular flexibility index (Phi) is 19.7. The van der Waals surface area contributed by atoms with Crippen LogP contribution in [0.3, 0.4) is 0 Å². The Morgan fingerprint density at radius 1 is 0.805 bits per heavy atom. The number of thiazole rings is 1. The van der Waals surface area contributed by atoms with Crippen LogP contribution in [0.4, 0.5) is 10.8 Å². The molecule has 2 fully saturated rings. The molecule has 77 heavy (non-hydrogen) atoms. The van der Waals surface area contributed by atoms with Gasteiger partial charge in [0.1, 0.15) is 24.1 Å². The van der Waals surface area contributed by atoms with Gasteiger partial charge in [-0.05, 0) is 66.1 Å². The SMILES string of the molecule is CN(Cc1ccc(-c2ccc(N3CCN(CC(=O)NCCOCCOCCOCCNC(=O)COc4cccc5c4C(=O)N(C4CCC(=O)NC4=O)C5=O)CC3)cc2)cc1C=O)C(C(=O)Nc1nccs1)c1ccccc1. The lowest BCUT2D eigenvalue weighted by Crippen LogP contribution is -2.54. The number of nitrogens with one attached hydrogen (secondary N) is 4. The van der Waals surface area contributed by atoms with Crippen LogP contribution >= 0.6 is 11.3 Å². The maximum Gasteiger partial charge on any atom is 0.266 e. The Labute approximate surface area is 449 Å². The number of benzene rings is 4. The number of ether oxygens (including phenoxy) is 4. The molecular weight excluding hydrogens is 1010 g/mol. The van der Waals surface area contributed by atoms with Crippen LogP contribution in [0.15, 0.2) is 103 Å². The first-order valence-corrected chi connectivity index (χ1v) is 26.2. The molecule has 22 heteroatoms. The third-order valence-electron chi connectivity index (χ3n) is 13.1. The second-order valence-electron chi connectivity index (χ2n) is 18.3. The molecule has 404 valence electrons. The van der Waals surface area contributed by atoms with Crippen LogP contribution in [0.1, 0.15) is 61.1 Å². The molecule has 0 spiro atoms. The van der Waals surface area contributed by atoms with Crippen molar-refractivity contribution >= 4 is 69.8 Å². The van der Waals surface area contributed by atoms with Crippen LogP contribution in [-0.2, 0) is 44.7 Å². The van der Waals surface area contributed by atoms with Crippen molar-refractivity contribution in [2.75, 3.05) is 109 Å². The summed E-state index contributed by atoms with van der Waals surface area (Å²) in [6, 6.07) is 26.3. The van der Waals surface area contributed by atoms with Gasteiger partial charge in [-0.1, -0.05) is 60.7 Å². The number of rotatable bonds is 27. The van der Waals surface area contributed by atoms with E-state index in [0.717, 1.165) is 65.3 Å². The minimum Gasteiger partial charge on any atom is -0.483 e. The fourth-order valence-corrected chi connectivity index (χ4v) is 9.77. The summed E-state index contributed by atoms with van der Waals surface area (Å²) in [5.41, 5.74) is 5.16. The zero-order valence-electron chi connectivity index (χ0n) is 42.6. The zero-order valence-corrected chi connectivity index (χ0v) is 43.4. The Hall–Kier alpha value is -7.73. The van der Waals surface area contributed by atoms with Gasteiger partial charge in [0.15, 0.2) is 11.7 Å². The van der Waals surface area contributed by atoms with Gasteiger partial charge in [-0.25, -0.2) is 4.98 Å². The number of nitrogens with zero attached hydrogens (tertiary/aromatic N) is 5. The monoisotopic (exact) mass is 1070 g/mol. The summed E-state index contributed by atoms with van der Waals surface area (Å²) in [6.45, 7) is 5.61. The first-order valence-electron chi connectivity index (χ1n) is 25.3. The first-order chi connectivity index (χ1) is 37.5. The molecule has 4 N–H and O–H groups in total. The lowest BCUT2D eigenvalue weighted by atomic mass is 9.98. The summed E-state index contributed by atoms with van der Waals surface area (Å²) in [5, 5.41) is 13.0. The summed E-state index contributed by atoms with van der Waals surface area (Å²) < 4.78 is 22.2. The molecule has 3 aliphatic heterocycles. The number of fused-ring (bicyclic) bond motifs is 1. The van der Waals surface area contributed by atoms with Crippen LogP contribution in [0.2, 0.25) is 0 Å². The highest BCUT2D eigenvalue weighted by Crippen LogP contribution is 2.34. The van der Waals surface area contributed by atoms with Gasteiger partial charge in [-0.15, -0.1) is 11.3 Å². The second-order valence-corrected chi connectivity index (χ2v) is 19.2. The van der Waals surface area contributed by atoms with Gasteiger partial charge in [0.25, 0.3) is 17.7 Å². The second kappa shape index (κ2) is 27.4. The lowest BCUT2D eigenvalue weighted by molar-refractivity contribution is -0.136. The smallest absolute Gasteiger partial charge is 0.266 e. The topological polar surface area (TPSA) is 247 Å². The van der Waals surface area contributed by atoms with Gasteiger partial charge >= 0.3 is 0 Å². The van der Waals surface area contributed by atoms with E-state index in [1.165, 1.54) is 29.5 Å². The number of anilines is 2. The predicted octanol–water partition coefficient (Wildman–Crippen LogP) is 3.32. The molecule has 0 bridgehead atoms. The van der Waals surface area contributed by atoms with E-state index in [2.05, 4.69) is 60.3 Å². The first kappa shape index (κ1) is 55.5. The van der Waals surface area contributed by atoms with Gasteiger partial charge in [0.05, 0.1) is 57.3 Å². The number of amides is 7. The quantitative estimate of drug-likeness (QED) is 0.0335. The maximum atomic E-state index is 13.5. The number of aldehydes is 1. The Bertz CT molecular complexity index is 2880.